The highest BCUT2D eigenvalue weighted by Crippen LogP contribution is 2.34. The highest BCUT2D eigenvalue weighted by Gasteiger charge is 2.24. The molecule has 0 spiro atoms. The van der Waals surface area contributed by atoms with Crippen LogP contribution in [0.15, 0.2) is 24.3 Å². The molecule has 1 aromatic rings. The number of nitrogens with zero attached hydrogens (tertiary/aromatic N) is 1. The second kappa shape index (κ2) is 10.1. The van der Waals surface area contributed by atoms with Gasteiger partial charge < -0.3 is 4.74 Å². The van der Waals surface area contributed by atoms with Gasteiger partial charge in [0.1, 0.15) is 6.10 Å². The number of nitriles is 1. The first-order valence-electron chi connectivity index (χ1n) is 9.42. The van der Waals surface area contributed by atoms with Crippen LogP contribution < -0.4 is 0 Å². The van der Waals surface area contributed by atoms with Crippen LogP contribution in [0, 0.1) is 11.3 Å². The Morgan fingerprint density at radius 1 is 1.08 bits per heavy atom. The largest absolute Gasteiger partial charge is 0.462 e. The Morgan fingerprint density at radius 2 is 1.75 bits per heavy atom. The van der Waals surface area contributed by atoms with E-state index in [1.807, 2.05) is 12.1 Å². The van der Waals surface area contributed by atoms with Gasteiger partial charge in [-0.15, -0.1) is 0 Å². The summed E-state index contributed by atoms with van der Waals surface area (Å²) in [5.41, 5.74) is 2.01. The van der Waals surface area contributed by atoms with E-state index in [1.165, 1.54) is 24.8 Å². The molecule has 0 aromatic heterocycles. The first-order chi connectivity index (χ1) is 11.7. The van der Waals surface area contributed by atoms with Crippen LogP contribution in [-0.2, 0) is 9.53 Å². The first-order valence-corrected chi connectivity index (χ1v) is 9.42. The Morgan fingerprint density at radius 3 is 2.38 bits per heavy atom. The molecule has 3 nitrogen and oxygen atoms in total. The molecule has 0 bridgehead atoms. The minimum absolute atomic E-state index is 0.0201. The molecule has 0 N–H and O–H groups in total. The zero-order valence-corrected chi connectivity index (χ0v) is 14.8. The first kappa shape index (κ1) is 18.5. The number of benzene rings is 1. The quantitative estimate of drug-likeness (QED) is 0.468. The summed E-state index contributed by atoms with van der Waals surface area (Å²) in [6.45, 7) is 2.20. The summed E-state index contributed by atoms with van der Waals surface area (Å²) in [6, 6.07) is 10.1. The van der Waals surface area contributed by atoms with Crippen LogP contribution in [0.25, 0.3) is 0 Å². The smallest absolute Gasteiger partial charge is 0.306 e. The van der Waals surface area contributed by atoms with Crippen LogP contribution in [-0.4, -0.2) is 12.1 Å². The fourth-order valence-electron chi connectivity index (χ4n) is 3.46. The third-order valence-electron chi connectivity index (χ3n) is 4.97. The lowest BCUT2D eigenvalue weighted by atomic mass is 9.82. The zero-order valence-electron chi connectivity index (χ0n) is 14.8. The van der Waals surface area contributed by atoms with Crippen molar-refractivity contribution in [1.29, 1.82) is 5.26 Å². The summed E-state index contributed by atoms with van der Waals surface area (Å²) in [7, 11) is 0. The fourth-order valence-corrected chi connectivity index (χ4v) is 3.46. The molecule has 1 fully saturated rings. The van der Waals surface area contributed by atoms with Gasteiger partial charge in [0, 0.05) is 6.42 Å². The van der Waals surface area contributed by atoms with Crippen molar-refractivity contribution in [1.82, 2.24) is 0 Å². The lowest BCUT2D eigenvalue weighted by molar-refractivity contribution is -0.150. The third kappa shape index (κ3) is 6.00. The number of ether oxygens (including phenoxy) is 1. The number of carbonyl (C=O) groups is 1. The molecule has 24 heavy (non-hydrogen) atoms. The highest BCUT2D eigenvalue weighted by molar-refractivity contribution is 5.69. The number of unbranched alkanes of at least 4 members (excludes halogenated alkanes) is 4. The highest BCUT2D eigenvalue weighted by atomic mass is 16.5. The van der Waals surface area contributed by atoms with E-state index in [0.29, 0.717) is 17.9 Å². The Kier molecular flexibility index (Phi) is 7.82. The van der Waals surface area contributed by atoms with Gasteiger partial charge in [-0.1, -0.05) is 44.7 Å². The maximum Gasteiger partial charge on any atom is 0.306 e. The molecule has 0 amide bonds. The molecular weight excluding hydrogens is 298 g/mol. The van der Waals surface area contributed by atoms with E-state index >= 15 is 0 Å². The van der Waals surface area contributed by atoms with Gasteiger partial charge in [-0.3, -0.25) is 4.79 Å². The van der Waals surface area contributed by atoms with Gasteiger partial charge in [0.05, 0.1) is 11.6 Å². The van der Waals surface area contributed by atoms with Crippen molar-refractivity contribution in [3.8, 4) is 6.07 Å². The molecular formula is C21H29NO2. The summed E-state index contributed by atoms with van der Waals surface area (Å²) in [4.78, 5) is 11.9. The monoisotopic (exact) mass is 327 g/mol. The summed E-state index contributed by atoms with van der Waals surface area (Å²) < 4.78 is 5.64. The molecule has 1 aromatic carbocycles. The Labute approximate surface area is 146 Å². The van der Waals surface area contributed by atoms with Crippen molar-refractivity contribution in [3.05, 3.63) is 35.4 Å². The molecule has 130 valence electrons. The summed E-state index contributed by atoms with van der Waals surface area (Å²) in [5.74, 6) is 0.509. The lowest BCUT2D eigenvalue weighted by Crippen LogP contribution is -2.23. The minimum atomic E-state index is -0.0201. The van der Waals surface area contributed by atoms with E-state index in [1.54, 1.807) is 0 Å². The average molecular weight is 327 g/mol. The lowest BCUT2D eigenvalue weighted by Gasteiger charge is -2.28. The molecule has 1 aliphatic carbocycles. The van der Waals surface area contributed by atoms with Gasteiger partial charge in [-0.2, -0.15) is 5.26 Å². The third-order valence-corrected chi connectivity index (χ3v) is 4.97. The van der Waals surface area contributed by atoms with Gasteiger partial charge in [0.2, 0.25) is 0 Å². The number of carbonyl (C=O) groups excluding carboxylic acids is 1. The predicted octanol–water partition coefficient (Wildman–Crippen LogP) is 5.49. The van der Waals surface area contributed by atoms with Crippen molar-refractivity contribution >= 4 is 5.97 Å². The van der Waals surface area contributed by atoms with Gasteiger partial charge in [0.15, 0.2) is 0 Å². The molecule has 1 aliphatic rings. The van der Waals surface area contributed by atoms with Crippen LogP contribution in [0.3, 0.4) is 0 Å². The molecule has 0 heterocycles. The predicted molar refractivity (Wildman–Crippen MR) is 95.6 cm³/mol. The molecule has 0 saturated heterocycles. The van der Waals surface area contributed by atoms with Gasteiger partial charge in [-0.05, 0) is 55.7 Å². The second-order valence-corrected chi connectivity index (χ2v) is 6.86. The van der Waals surface area contributed by atoms with Gasteiger partial charge >= 0.3 is 5.97 Å². The summed E-state index contributed by atoms with van der Waals surface area (Å²) >= 11 is 0. The average Bonchev–Trinajstić information content (AvgIpc) is 2.62. The molecule has 0 atom stereocenters. The van der Waals surface area contributed by atoms with Crippen LogP contribution in [0.2, 0.25) is 0 Å². The van der Waals surface area contributed by atoms with Crippen LogP contribution in [0.1, 0.15) is 88.2 Å². The number of hydrogen-bond donors (Lipinski definition) is 0. The van der Waals surface area contributed by atoms with E-state index in [2.05, 4.69) is 25.1 Å². The second-order valence-electron chi connectivity index (χ2n) is 6.86. The van der Waals surface area contributed by atoms with Crippen molar-refractivity contribution in [2.45, 2.75) is 83.2 Å². The summed E-state index contributed by atoms with van der Waals surface area (Å²) in [6.07, 6.45) is 10.5. The molecule has 1 saturated carbocycles. The number of esters is 1. The van der Waals surface area contributed by atoms with E-state index in [4.69, 9.17) is 10.00 Å². The molecule has 0 radical (unpaired) electrons. The number of rotatable bonds is 8. The van der Waals surface area contributed by atoms with Gasteiger partial charge in [-0.25, -0.2) is 0 Å². The maximum atomic E-state index is 11.9. The van der Waals surface area contributed by atoms with Crippen molar-refractivity contribution in [2.24, 2.45) is 0 Å². The molecule has 0 unspecified atom stereocenters. The topological polar surface area (TPSA) is 50.1 Å². The number of hydrogen-bond acceptors (Lipinski definition) is 3. The summed E-state index contributed by atoms with van der Waals surface area (Å²) in [5, 5.41) is 8.86. The van der Waals surface area contributed by atoms with Crippen LogP contribution >= 0.6 is 0 Å². The maximum absolute atomic E-state index is 11.9. The van der Waals surface area contributed by atoms with Crippen molar-refractivity contribution in [3.63, 3.8) is 0 Å². The normalized spacial score (nSPS) is 20.3. The standard InChI is InChI=1S/C21H29NO2/c1-2-3-4-5-6-7-21(23)24-20-14-12-19(13-15-20)18-10-8-17(16-22)9-11-18/h8-11,19-20H,2-7,12-15H2,1H3. The van der Waals surface area contributed by atoms with E-state index in [-0.39, 0.29) is 12.1 Å². The molecule has 2 rings (SSSR count). The SMILES string of the molecule is CCCCCCCC(=O)OC1CCC(c2ccc(C#N)cc2)CC1. The zero-order chi connectivity index (χ0) is 17.2. The Balaban J connectivity index is 1.66. The van der Waals surface area contributed by atoms with Crippen LogP contribution in [0.4, 0.5) is 0 Å². The van der Waals surface area contributed by atoms with E-state index < -0.39 is 0 Å². The minimum Gasteiger partial charge on any atom is -0.462 e. The Bertz CT molecular complexity index is 536. The van der Waals surface area contributed by atoms with E-state index in [9.17, 15) is 4.79 Å². The molecule has 3 heteroatoms. The van der Waals surface area contributed by atoms with Crippen LogP contribution in [0.5, 0.6) is 0 Å². The van der Waals surface area contributed by atoms with E-state index in [0.717, 1.165) is 38.5 Å². The molecule has 0 aliphatic heterocycles. The van der Waals surface area contributed by atoms with Crippen molar-refractivity contribution in [2.75, 3.05) is 0 Å². The Hall–Kier alpha value is -1.82. The fraction of sp³-hybridized carbons (Fsp3) is 0.619. The van der Waals surface area contributed by atoms with Crippen molar-refractivity contribution < 1.29 is 9.53 Å². The van der Waals surface area contributed by atoms with Gasteiger partial charge in [0.25, 0.3) is 0 Å².